The number of carbonyl (C=O) groups is 2. The molecule has 2 aromatic rings. The van der Waals surface area contributed by atoms with E-state index in [1.54, 1.807) is 11.1 Å². The number of amides is 2. The van der Waals surface area contributed by atoms with Crippen molar-refractivity contribution in [2.75, 3.05) is 43.4 Å². The lowest BCUT2D eigenvalue weighted by molar-refractivity contribution is -0.127. The van der Waals surface area contributed by atoms with Gasteiger partial charge < -0.3 is 25.8 Å². The van der Waals surface area contributed by atoms with E-state index in [4.69, 9.17) is 10.7 Å². The highest BCUT2D eigenvalue weighted by Gasteiger charge is 2.32. The lowest BCUT2D eigenvalue weighted by Gasteiger charge is -2.37. The molecular formula is C28H37N7O2. The molecule has 0 radical (unpaired) electrons. The lowest BCUT2D eigenvalue weighted by atomic mass is 9.89. The van der Waals surface area contributed by atoms with Gasteiger partial charge in [-0.25, -0.2) is 9.97 Å². The quantitative estimate of drug-likeness (QED) is 0.532. The molecule has 0 unspecified atom stereocenters. The number of hydrogen-bond donors (Lipinski definition) is 2. The summed E-state index contributed by atoms with van der Waals surface area (Å²) in [6, 6.07) is 9.33. The Morgan fingerprint density at radius 2 is 1.84 bits per heavy atom. The van der Waals surface area contributed by atoms with Gasteiger partial charge in [-0.2, -0.15) is 0 Å². The summed E-state index contributed by atoms with van der Waals surface area (Å²) in [5, 5.41) is 3.26. The van der Waals surface area contributed by atoms with Gasteiger partial charge >= 0.3 is 0 Å². The highest BCUT2D eigenvalue weighted by atomic mass is 16.2. The number of piperidine rings is 2. The number of likely N-dealkylation sites (tertiary alicyclic amines) is 2. The molecule has 2 amide bonds. The van der Waals surface area contributed by atoms with E-state index >= 15 is 0 Å². The topological polar surface area (TPSA) is 108 Å². The fraction of sp³-hybridized carbons (Fsp3) is 0.500. The second kappa shape index (κ2) is 10.9. The van der Waals surface area contributed by atoms with Crippen molar-refractivity contribution >= 4 is 29.1 Å². The molecule has 1 atom stereocenters. The Balaban J connectivity index is 1.28. The molecule has 2 aliphatic heterocycles. The summed E-state index contributed by atoms with van der Waals surface area (Å²) < 4.78 is 0. The minimum atomic E-state index is -0.635. The first kappa shape index (κ1) is 25.2. The van der Waals surface area contributed by atoms with E-state index in [-0.39, 0.29) is 17.6 Å². The monoisotopic (exact) mass is 503 g/mol. The maximum Gasteiger partial charge on any atom is 0.271 e. The van der Waals surface area contributed by atoms with Crippen LogP contribution in [0.3, 0.4) is 0 Å². The van der Waals surface area contributed by atoms with Gasteiger partial charge in [0.1, 0.15) is 5.82 Å². The number of nitrogens with two attached hydrogens (primary N) is 1. The third-order valence-corrected chi connectivity index (χ3v) is 8.02. The molecule has 3 fully saturated rings. The summed E-state index contributed by atoms with van der Waals surface area (Å²) in [5.41, 5.74) is 7.89. The Bertz CT molecular complexity index is 1140. The summed E-state index contributed by atoms with van der Waals surface area (Å²) in [4.78, 5) is 39.7. The number of benzene rings is 1. The zero-order valence-electron chi connectivity index (χ0n) is 21.6. The zero-order chi connectivity index (χ0) is 25.9. The van der Waals surface area contributed by atoms with Gasteiger partial charge in [-0.1, -0.05) is 18.7 Å². The molecule has 9 heteroatoms. The smallest absolute Gasteiger partial charge is 0.271 e. The van der Waals surface area contributed by atoms with E-state index in [9.17, 15) is 9.59 Å². The molecule has 0 bridgehead atoms. The van der Waals surface area contributed by atoms with Crippen LogP contribution in [0, 0.1) is 0 Å². The standard InChI is InChI=1S/C28H37N7O2/c1-3-25(36)35-14-4-5-23(18-35)33(2)24-17-30-26(27(29)37)28(32-24)31-21-8-6-19(7-9-21)20-12-15-34(16-13-20)22-10-11-22/h3,6-9,17,20,22-23H,1,4-5,10-16,18H2,2H3,(H2,29,37)(H,31,32)/t23-/m1/s1. The Hall–Kier alpha value is -3.46. The van der Waals surface area contributed by atoms with Crippen molar-refractivity contribution in [1.82, 2.24) is 19.8 Å². The third-order valence-electron chi connectivity index (χ3n) is 8.02. The number of nitrogens with zero attached hydrogens (tertiary/aromatic N) is 5. The molecule has 3 N–H and O–H groups in total. The van der Waals surface area contributed by atoms with Gasteiger partial charge in [0.2, 0.25) is 5.91 Å². The van der Waals surface area contributed by atoms with Crippen LogP contribution in [0.5, 0.6) is 0 Å². The first-order valence-corrected chi connectivity index (χ1v) is 13.3. The zero-order valence-corrected chi connectivity index (χ0v) is 21.6. The molecule has 3 heterocycles. The number of hydrogen-bond acceptors (Lipinski definition) is 7. The van der Waals surface area contributed by atoms with Gasteiger partial charge in [-0.3, -0.25) is 9.59 Å². The molecule has 3 aliphatic rings. The summed E-state index contributed by atoms with van der Waals surface area (Å²) in [6.45, 7) is 7.29. The van der Waals surface area contributed by atoms with Gasteiger partial charge in [0.15, 0.2) is 11.5 Å². The van der Waals surface area contributed by atoms with E-state index in [0.29, 0.717) is 24.1 Å². The van der Waals surface area contributed by atoms with Crippen LogP contribution in [0.1, 0.15) is 60.5 Å². The van der Waals surface area contributed by atoms with E-state index in [0.717, 1.165) is 31.1 Å². The molecule has 196 valence electrons. The summed E-state index contributed by atoms with van der Waals surface area (Å²) in [7, 11) is 1.94. The molecule has 37 heavy (non-hydrogen) atoms. The van der Waals surface area contributed by atoms with Gasteiger partial charge in [0.05, 0.1) is 6.20 Å². The molecule has 2 saturated heterocycles. The fourth-order valence-electron chi connectivity index (χ4n) is 5.62. The summed E-state index contributed by atoms with van der Waals surface area (Å²) >= 11 is 0. The van der Waals surface area contributed by atoms with Crippen LogP contribution < -0.4 is 16.0 Å². The largest absolute Gasteiger partial charge is 0.364 e. The van der Waals surface area contributed by atoms with Crippen LogP contribution >= 0.6 is 0 Å². The summed E-state index contributed by atoms with van der Waals surface area (Å²) in [6.07, 6.45) is 9.89. The predicted molar refractivity (Wildman–Crippen MR) is 145 cm³/mol. The molecule has 1 saturated carbocycles. The van der Waals surface area contributed by atoms with Gasteiger partial charge in [0, 0.05) is 37.9 Å². The fourth-order valence-corrected chi connectivity index (χ4v) is 5.62. The number of primary amides is 1. The number of aromatic nitrogens is 2. The highest BCUT2D eigenvalue weighted by Crippen LogP contribution is 2.35. The van der Waals surface area contributed by atoms with E-state index in [2.05, 4.69) is 33.9 Å². The first-order chi connectivity index (χ1) is 17.9. The molecule has 1 aromatic carbocycles. The molecule has 1 aliphatic carbocycles. The molecule has 9 nitrogen and oxygen atoms in total. The maximum atomic E-state index is 12.1. The summed E-state index contributed by atoms with van der Waals surface area (Å²) in [5.74, 6) is 0.836. The minimum Gasteiger partial charge on any atom is -0.364 e. The lowest BCUT2D eigenvalue weighted by Crippen LogP contribution is -2.48. The second-order valence-electron chi connectivity index (χ2n) is 10.5. The minimum absolute atomic E-state index is 0.0625. The Morgan fingerprint density at radius 1 is 1.11 bits per heavy atom. The average Bonchev–Trinajstić information content (AvgIpc) is 3.78. The molecule has 1 aromatic heterocycles. The number of likely N-dealkylation sites (N-methyl/N-ethyl adjacent to an activating group) is 1. The van der Waals surface area contributed by atoms with E-state index in [1.807, 2.05) is 24.1 Å². The molecule has 5 rings (SSSR count). The van der Waals surface area contributed by atoms with Crippen molar-refractivity contribution in [3.63, 3.8) is 0 Å². The van der Waals surface area contributed by atoms with E-state index < -0.39 is 5.91 Å². The Kier molecular flexibility index (Phi) is 7.41. The van der Waals surface area contributed by atoms with Gasteiger partial charge in [-0.05, 0) is 81.3 Å². The average molecular weight is 504 g/mol. The number of carbonyl (C=O) groups excluding carboxylic acids is 2. The third kappa shape index (κ3) is 5.77. The van der Waals surface area contributed by atoms with Gasteiger partial charge in [-0.15, -0.1) is 0 Å². The Morgan fingerprint density at radius 3 is 2.49 bits per heavy atom. The van der Waals surface area contributed by atoms with Crippen molar-refractivity contribution in [2.24, 2.45) is 5.73 Å². The van der Waals surface area contributed by atoms with Crippen LogP contribution in [0.15, 0.2) is 43.1 Å². The maximum absolute atomic E-state index is 12.1. The molecular weight excluding hydrogens is 466 g/mol. The van der Waals surface area contributed by atoms with Crippen molar-refractivity contribution in [1.29, 1.82) is 0 Å². The normalized spacial score (nSPS) is 20.9. The second-order valence-corrected chi connectivity index (χ2v) is 10.5. The van der Waals surface area contributed by atoms with Crippen molar-refractivity contribution in [3.05, 3.63) is 54.4 Å². The van der Waals surface area contributed by atoms with Crippen LogP contribution in [-0.4, -0.2) is 76.9 Å². The Labute approximate surface area is 218 Å². The van der Waals surface area contributed by atoms with Crippen molar-refractivity contribution in [2.45, 2.75) is 56.5 Å². The van der Waals surface area contributed by atoms with Gasteiger partial charge in [0.25, 0.3) is 5.91 Å². The number of rotatable bonds is 8. The van der Waals surface area contributed by atoms with Crippen molar-refractivity contribution in [3.8, 4) is 0 Å². The number of nitrogens with one attached hydrogen (secondary N) is 1. The van der Waals surface area contributed by atoms with Crippen LogP contribution in [-0.2, 0) is 4.79 Å². The van der Waals surface area contributed by atoms with Crippen LogP contribution in [0.2, 0.25) is 0 Å². The highest BCUT2D eigenvalue weighted by molar-refractivity contribution is 5.96. The SMILES string of the molecule is C=CC(=O)N1CCC[C@@H](N(C)c2cnc(C(N)=O)c(Nc3ccc(C4CCN(C5CC5)CC4)cc3)n2)C1. The number of anilines is 3. The predicted octanol–water partition coefficient (Wildman–Crippen LogP) is 3.27. The van der Waals surface area contributed by atoms with Crippen LogP contribution in [0.4, 0.5) is 17.3 Å². The van der Waals surface area contributed by atoms with Crippen LogP contribution in [0.25, 0.3) is 0 Å². The molecule has 0 spiro atoms. The first-order valence-electron chi connectivity index (χ1n) is 13.3. The van der Waals surface area contributed by atoms with Crippen molar-refractivity contribution < 1.29 is 9.59 Å². The van der Waals surface area contributed by atoms with E-state index in [1.165, 1.54) is 50.4 Å².